The number of nitrogens with zero attached hydrogens (tertiary/aromatic N) is 4. The average Bonchev–Trinajstić information content (AvgIpc) is 3.33. The molecule has 36 heavy (non-hydrogen) atoms. The Hall–Kier alpha value is -4.86. The zero-order chi connectivity index (χ0) is 26.0. The third-order valence-corrected chi connectivity index (χ3v) is 5.70. The number of para-hydroxylation sites is 2. The second-order valence-corrected chi connectivity index (χ2v) is 7.84. The molecule has 0 unspecified atom stereocenters. The van der Waals surface area contributed by atoms with E-state index in [-0.39, 0.29) is 33.6 Å². The molecule has 4 rings (SSSR count). The van der Waals surface area contributed by atoms with Crippen molar-refractivity contribution in [2.45, 2.75) is 13.8 Å². The van der Waals surface area contributed by atoms with Crippen LogP contribution in [-0.2, 0) is 9.47 Å². The minimum Gasteiger partial charge on any atom is -0.465 e. The van der Waals surface area contributed by atoms with Gasteiger partial charge in [0.2, 0.25) is 0 Å². The first-order chi connectivity index (χ1) is 17.3. The predicted molar refractivity (Wildman–Crippen MR) is 131 cm³/mol. The summed E-state index contributed by atoms with van der Waals surface area (Å²) in [7, 11) is 2.44. The topological polar surface area (TPSA) is 126 Å². The molecule has 0 radical (unpaired) electrons. The first-order valence-electron chi connectivity index (χ1n) is 10.9. The quantitative estimate of drug-likeness (QED) is 0.218. The molecule has 4 aromatic rings. The molecule has 0 spiro atoms. The van der Waals surface area contributed by atoms with Crippen molar-refractivity contribution in [3.05, 3.63) is 93.4 Å². The number of carbonyl (C=O) groups is 2. The lowest BCUT2D eigenvalue weighted by molar-refractivity contribution is -0.384. The SMILES string of the molecule is COC(=O)c1c(C)nc(C)c(C(=O)OC)c1-c1cn(-c2ccccc2)nc1-c1ccccc1[N+](=O)[O-]. The van der Waals surface area contributed by atoms with Crippen LogP contribution in [0.1, 0.15) is 32.1 Å². The highest BCUT2D eigenvalue weighted by Crippen LogP contribution is 2.41. The third kappa shape index (κ3) is 4.20. The minimum atomic E-state index is -0.721. The highest BCUT2D eigenvalue weighted by Gasteiger charge is 2.32. The Labute approximate surface area is 206 Å². The zero-order valence-corrected chi connectivity index (χ0v) is 20.0. The Morgan fingerprint density at radius 1 is 0.861 bits per heavy atom. The van der Waals surface area contributed by atoms with E-state index < -0.39 is 16.9 Å². The van der Waals surface area contributed by atoms with Crippen molar-refractivity contribution in [2.75, 3.05) is 14.2 Å². The number of aromatic nitrogens is 3. The summed E-state index contributed by atoms with van der Waals surface area (Å²) in [6, 6.07) is 15.2. The third-order valence-electron chi connectivity index (χ3n) is 5.70. The molecule has 0 amide bonds. The number of methoxy groups -OCH3 is 2. The van der Waals surface area contributed by atoms with Gasteiger partial charge in [-0.3, -0.25) is 15.1 Å². The molecule has 2 heterocycles. The number of benzene rings is 2. The number of hydrogen-bond acceptors (Lipinski definition) is 8. The van der Waals surface area contributed by atoms with Gasteiger partial charge in [-0.15, -0.1) is 0 Å². The highest BCUT2D eigenvalue weighted by molar-refractivity contribution is 6.09. The fraction of sp³-hybridized carbons (Fsp3) is 0.154. The van der Waals surface area contributed by atoms with Gasteiger partial charge in [-0.05, 0) is 32.0 Å². The minimum absolute atomic E-state index is 0.0379. The van der Waals surface area contributed by atoms with Crippen molar-refractivity contribution in [3.63, 3.8) is 0 Å². The summed E-state index contributed by atoms with van der Waals surface area (Å²) in [4.78, 5) is 41.7. The normalized spacial score (nSPS) is 10.7. The molecule has 2 aromatic heterocycles. The van der Waals surface area contributed by atoms with Crippen LogP contribution < -0.4 is 0 Å². The van der Waals surface area contributed by atoms with Gasteiger partial charge in [0.15, 0.2) is 0 Å². The maximum Gasteiger partial charge on any atom is 0.340 e. The summed E-state index contributed by atoms with van der Waals surface area (Å²) in [5, 5.41) is 16.6. The van der Waals surface area contributed by atoms with Crippen molar-refractivity contribution in [3.8, 4) is 28.1 Å². The number of rotatable bonds is 6. The van der Waals surface area contributed by atoms with Crippen molar-refractivity contribution in [1.82, 2.24) is 14.8 Å². The molecule has 0 aliphatic carbocycles. The molecule has 0 atom stereocenters. The van der Waals surface area contributed by atoms with Crippen molar-refractivity contribution >= 4 is 17.6 Å². The molecule has 182 valence electrons. The molecule has 0 N–H and O–H groups in total. The van der Waals surface area contributed by atoms with Crippen LogP contribution >= 0.6 is 0 Å². The van der Waals surface area contributed by atoms with Gasteiger partial charge in [0.25, 0.3) is 5.69 Å². The summed E-state index contributed by atoms with van der Waals surface area (Å²) in [5.41, 5.74) is 2.11. The van der Waals surface area contributed by atoms with Crippen LogP contribution in [0, 0.1) is 24.0 Å². The summed E-state index contributed by atoms with van der Waals surface area (Å²) in [6.45, 7) is 3.24. The lowest BCUT2D eigenvalue weighted by Crippen LogP contribution is -2.16. The van der Waals surface area contributed by atoms with Crippen molar-refractivity contribution < 1.29 is 24.0 Å². The van der Waals surface area contributed by atoms with E-state index in [9.17, 15) is 19.7 Å². The fourth-order valence-electron chi connectivity index (χ4n) is 4.13. The van der Waals surface area contributed by atoms with E-state index in [1.807, 2.05) is 30.3 Å². The van der Waals surface area contributed by atoms with Crippen LogP contribution in [0.25, 0.3) is 28.1 Å². The monoisotopic (exact) mass is 486 g/mol. The number of esters is 2. The highest BCUT2D eigenvalue weighted by atomic mass is 16.6. The van der Waals surface area contributed by atoms with Crippen LogP contribution in [0.2, 0.25) is 0 Å². The molecule has 0 fully saturated rings. The maximum atomic E-state index is 13.0. The molecule has 10 nitrogen and oxygen atoms in total. The number of carbonyl (C=O) groups excluding carboxylic acids is 2. The van der Waals surface area contributed by atoms with Gasteiger partial charge in [-0.25, -0.2) is 14.3 Å². The maximum absolute atomic E-state index is 13.0. The smallest absolute Gasteiger partial charge is 0.340 e. The molecule has 0 bridgehead atoms. The zero-order valence-electron chi connectivity index (χ0n) is 20.0. The van der Waals surface area contributed by atoms with Crippen LogP contribution in [-0.4, -0.2) is 45.8 Å². The Morgan fingerprint density at radius 3 is 1.97 bits per heavy atom. The molecule has 0 saturated heterocycles. The molecule has 2 aromatic carbocycles. The molecule has 0 aliphatic rings. The van der Waals surface area contributed by atoms with E-state index in [1.165, 1.54) is 25.0 Å². The lowest BCUT2D eigenvalue weighted by Gasteiger charge is -2.16. The first-order valence-corrected chi connectivity index (χ1v) is 10.9. The van der Waals surface area contributed by atoms with E-state index in [2.05, 4.69) is 10.1 Å². The van der Waals surface area contributed by atoms with Crippen LogP contribution in [0.5, 0.6) is 0 Å². The number of aryl methyl sites for hydroxylation is 2. The van der Waals surface area contributed by atoms with Gasteiger partial charge in [0, 0.05) is 23.4 Å². The van der Waals surface area contributed by atoms with Crippen LogP contribution in [0.15, 0.2) is 60.8 Å². The van der Waals surface area contributed by atoms with Gasteiger partial charge in [-0.1, -0.05) is 30.3 Å². The summed E-state index contributed by atoms with van der Waals surface area (Å²) in [5.74, 6) is -1.44. The van der Waals surface area contributed by atoms with Crippen LogP contribution in [0.3, 0.4) is 0 Å². The first kappa shape index (κ1) is 24.3. The van der Waals surface area contributed by atoms with Crippen molar-refractivity contribution in [1.29, 1.82) is 0 Å². The summed E-state index contributed by atoms with van der Waals surface area (Å²) in [6.07, 6.45) is 1.62. The molecular weight excluding hydrogens is 464 g/mol. The number of hydrogen-bond donors (Lipinski definition) is 0. The standard InChI is InChI=1S/C26H22N4O6/c1-15-21(25(31)35-3)23(22(16(2)27-15)26(32)36-4)19-14-29(17-10-6-5-7-11-17)28-24(19)18-12-8-9-13-20(18)30(33)34/h5-14H,1-4H3. The number of nitro benzene ring substituents is 1. The molecule has 10 heteroatoms. The van der Waals surface area contributed by atoms with Crippen molar-refractivity contribution in [2.24, 2.45) is 0 Å². The Kier molecular flexibility index (Phi) is 6.60. The summed E-state index contributed by atoms with van der Waals surface area (Å²) < 4.78 is 11.6. The number of nitro groups is 1. The second kappa shape index (κ2) is 9.79. The van der Waals surface area contributed by atoms with Gasteiger partial charge in [0.05, 0.1) is 52.9 Å². The predicted octanol–water partition coefficient (Wildman–Crippen LogP) is 4.70. The lowest BCUT2D eigenvalue weighted by atomic mass is 9.91. The fourth-order valence-corrected chi connectivity index (χ4v) is 4.13. The summed E-state index contributed by atoms with van der Waals surface area (Å²) >= 11 is 0. The molecular formula is C26H22N4O6. The second-order valence-electron chi connectivity index (χ2n) is 7.84. The molecule has 0 saturated carbocycles. The van der Waals surface area contributed by atoms with Gasteiger partial charge in [0.1, 0.15) is 5.69 Å². The van der Waals surface area contributed by atoms with Gasteiger partial charge >= 0.3 is 11.9 Å². The van der Waals surface area contributed by atoms with E-state index >= 15 is 0 Å². The van der Waals surface area contributed by atoms with Gasteiger partial charge in [-0.2, -0.15) is 5.10 Å². The molecule has 0 aliphatic heterocycles. The number of ether oxygens (including phenoxy) is 2. The van der Waals surface area contributed by atoms with E-state index in [4.69, 9.17) is 9.47 Å². The van der Waals surface area contributed by atoms with E-state index in [0.29, 0.717) is 22.6 Å². The Morgan fingerprint density at radius 2 is 1.42 bits per heavy atom. The van der Waals surface area contributed by atoms with E-state index in [1.54, 1.807) is 38.2 Å². The Balaban J connectivity index is 2.19. The number of pyridine rings is 1. The average molecular weight is 486 g/mol. The largest absolute Gasteiger partial charge is 0.465 e. The Bertz CT molecular complexity index is 1450. The van der Waals surface area contributed by atoms with Gasteiger partial charge < -0.3 is 9.47 Å². The van der Waals surface area contributed by atoms with Crippen LogP contribution in [0.4, 0.5) is 5.69 Å². The van der Waals surface area contributed by atoms with E-state index in [0.717, 1.165) is 0 Å².